The van der Waals surface area contributed by atoms with Crippen molar-refractivity contribution in [2.45, 2.75) is 45.2 Å². The highest BCUT2D eigenvalue weighted by atomic mass is 16.2. The third kappa shape index (κ3) is 2.72. The van der Waals surface area contributed by atoms with Crippen LogP contribution in [0, 0.1) is 5.92 Å². The van der Waals surface area contributed by atoms with E-state index in [0.29, 0.717) is 0 Å². The van der Waals surface area contributed by atoms with Gasteiger partial charge in [0.25, 0.3) is 0 Å². The lowest BCUT2D eigenvalue weighted by Crippen LogP contribution is -2.45. The number of fused-ring (bicyclic) bond motifs is 1. The second-order valence-corrected chi connectivity index (χ2v) is 5.42. The quantitative estimate of drug-likeness (QED) is 0.858. The van der Waals surface area contributed by atoms with Crippen LogP contribution in [-0.4, -0.2) is 11.9 Å². The van der Waals surface area contributed by atoms with E-state index < -0.39 is 6.04 Å². The van der Waals surface area contributed by atoms with Gasteiger partial charge in [0.15, 0.2) is 0 Å². The molecule has 0 bridgehead atoms. The number of benzene rings is 1. The van der Waals surface area contributed by atoms with E-state index in [1.54, 1.807) is 0 Å². The van der Waals surface area contributed by atoms with Crippen LogP contribution in [-0.2, 0) is 11.2 Å². The molecule has 3 nitrogen and oxygen atoms in total. The second kappa shape index (κ2) is 5.53. The Hall–Kier alpha value is -1.35. The van der Waals surface area contributed by atoms with Gasteiger partial charge >= 0.3 is 0 Å². The van der Waals surface area contributed by atoms with Crippen LogP contribution in [0.1, 0.15) is 43.9 Å². The summed E-state index contributed by atoms with van der Waals surface area (Å²) in [6.45, 7) is 3.94. The fraction of sp³-hybridized carbons (Fsp3) is 0.533. The molecule has 2 rings (SSSR count). The molecule has 0 saturated carbocycles. The maximum Gasteiger partial charge on any atom is 0.237 e. The molecule has 3 N–H and O–H groups in total. The number of carbonyl (C=O) groups excluding carboxylic acids is 1. The fourth-order valence-corrected chi connectivity index (χ4v) is 2.47. The molecular weight excluding hydrogens is 224 g/mol. The van der Waals surface area contributed by atoms with Crippen molar-refractivity contribution in [2.75, 3.05) is 0 Å². The van der Waals surface area contributed by atoms with Crippen LogP contribution in [0.25, 0.3) is 0 Å². The second-order valence-electron chi connectivity index (χ2n) is 5.42. The van der Waals surface area contributed by atoms with Gasteiger partial charge in [-0.3, -0.25) is 4.79 Å². The Morgan fingerprint density at radius 2 is 2.11 bits per heavy atom. The van der Waals surface area contributed by atoms with Crippen LogP contribution < -0.4 is 11.1 Å². The molecule has 0 aromatic heterocycles. The summed E-state index contributed by atoms with van der Waals surface area (Å²) in [6, 6.07) is 8.07. The average molecular weight is 246 g/mol. The number of aryl methyl sites for hydroxylation is 1. The molecule has 0 spiro atoms. The summed E-state index contributed by atoms with van der Waals surface area (Å²) < 4.78 is 0. The predicted octanol–water partition coefficient (Wildman–Crippen LogP) is 2.16. The van der Waals surface area contributed by atoms with E-state index in [1.165, 1.54) is 11.1 Å². The predicted molar refractivity (Wildman–Crippen MR) is 73.1 cm³/mol. The van der Waals surface area contributed by atoms with Crippen LogP contribution in [0.4, 0.5) is 0 Å². The summed E-state index contributed by atoms with van der Waals surface area (Å²) in [5, 5.41) is 3.09. The third-order valence-electron chi connectivity index (χ3n) is 3.71. The molecule has 2 atom stereocenters. The van der Waals surface area contributed by atoms with Crippen molar-refractivity contribution in [3.63, 3.8) is 0 Å². The van der Waals surface area contributed by atoms with Crippen molar-refractivity contribution in [3.05, 3.63) is 35.4 Å². The largest absolute Gasteiger partial charge is 0.348 e. The summed E-state index contributed by atoms with van der Waals surface area (Å²) in [5.41, 5.74) is 8.50. The molecule has 98 valence electrons. The van der Waals surface area contributed by atoms with Gasteiger partial charge < -0.3 is 11.1 Å². The molecule has 0 fully saturated rings. The molecule has 1 aromatic rings. The summed E-state index contributed by atoms with van der Waals surface area (Å²) in [7, 11) is 0. The minimum absolute atomic E-state index is 0.0355. The van der Waals surface area contributed by atoms with Gasteiger partial charge in [0.2, 0.25) is 5.91 Å². The Kier molecular flexibility index (Phi) is 4.02. The Morgan fingerprint density at radius 1 is 1.39 bits per heavy atom. The van der Waals surface area contributed by atoms with Crippen LogP contribution in [0.2, 0.25) is 0 Å². The van der Waals surface area contributed by atoms with Crippen LogP contribution in [0.15, 0.2) is 24.3 Å². The van der Waals surface area contributed by atoms with Crippen molar-refractivity contribution in [3.8, 4) is 0 Å². The summed E-state index contributed by atoms with van der Waals surface area (Å²) in [4.78, 5) is 12.0. The number of hydrogen-bond acceptors (Lipinski definition) is 2. The van der Waals surface area contributed by atoms with E-state index in [0.717, 1.165) is 19.3 Å². The minimum Gasteiger partial charge on any atom is -0.348 e. The first-order valence-electron chi connectivity index (χ1n) is 6.73. The number of rotatable bonds is 3. The maximum atomic E-state index is 12.0. The van der Waals surface area contributed by atoms with Gasteiger partial charge in [0.1, 0.15) is 0 Å². The van der Waals surface area contributed by atoms with Crippen molar-refractivity contribution in [2.24, 2.45) is 11.7 Å². The Balaban J connectivity index is 2.10. The van der Waals surface area contributed by atoms with E-state index >= 15 is 0 Å². The first-order chi connectivity index (χ1) is 8.59. The van der Waals surface area contributed by atoms with Crippen LogP contribution in [0.5, 0.6) is 0 Å². The summed E-state index contributed by atoms with van der Waals surface area (Å²) >= 11 is 0. The van der Waals surface area contributed by atoms with Gasteiger partial charge in [0, 0.05) is 0 Å². The highest BCUT2D eigenvalue weighted by Crippen LogP contribution is 2.29. The van der Waals surface area contributed by atoms with Gasteiger partial charge in [-0.1, -0.05) is 38.1 Å². The smallest absolute Gasteiger partial charge is 0.237 e. The van der Waals surface area contributed by atoms with Crippen LogP contribution in [0.3, 0.4) is 0 Å². The highest BCUT2D eigenvalue weighted by molar-refractivity contribution is 5.82. The number of hydrogen-bond donors (Lipinski definition) is 2. The molecule has 3 heteroatoms. The van der Waals surface area contributed by atoms with E-state index in [9.17, 15) is 4.79 Å². The van der Waals surface area contributed by atoms with Gasteiger partial charge in [-0.05, 0) is 36.3 Å². The zero-order valence-corrected chi connectivity index (χ0v) is 11.1. The lowest BCUT2D eigenvalue weighted by Gasteiger charge is -2.28. The first-order valence-corrected chi connectivity index (χ1v) is 6.73. The molecular formula is C15H22N2O. The van der Waals surface area contributed by atoms with E-state index in [2.05, 4.69) is 23.5 Å². The average Bonchev–Trinajstić information content (AvgIpc) is 2.38. The third-order valence-corrected chi connectivity index (χ3v) is 3.71. The summed E-state index contributed by atoms with van der Waals surface area (Å²) in [5.74, 6) is 0.135. The molecule has 0 aliphatic heterocycles. The zero-order valence-electron chi connectivity index (χ0n) is 11.1. The summed E-state index contributed by atoms with van der Waals surface area (Å²) in [6.07, 6.45) is 3.24. The number of nitrogens with one attached hydrogen (secondary N) is 1. The molecule has 0 saturated heterocycles. The minimum atomic E-state index is -0.418. The number of carbonyl (C=O) groups is 1. The molecule has 1 aromatic carbocycles. The topological polar surface area (TPSA) is 55.1 Å². The highest BCUT2D eigenvalue weighted by Gasteiger charge is 2.24. The monoisotopic (exact) mass is 246 g/mol. The van der Waals surface area contributed by atoms with E-state index in [-0.39, 0.29) is 17.9 Å². The molecule has 1 amide bonds. The van der Waals surface area contributed by atoms with Crippen molar-refractivity contribution < 1.29 is 4.79 Å². The van der Waals surface area contributed by atoms with Gasteiger partial charge in [0.05, 0.1) is 12.1 Å². The molecule has 0 radical (unpaired) electrons. The van der Waals surface area contributed by atoms with Crippen molar-refractivity contribution in [1.29, 1.82) is 0 Å². The van der Waals surface area contributed by atoms with Crippen molar-refractivity contribution in [1.82, 2.24) is 5.32 Å². The number of nitrogens with two attached hydrogens (primary N) is 1. The molecule has 1 unspecified atom stereocenters. The normalized spacial score (nSPS) is 20.3. The Bertz CT molecular complexity index is 428. The van der Waals surface area contributed by atoms with Gasteiger partial charge in [-0.25, -0.2) is 0 Å². The van der Waals surface area contributed by atoms with E-state index in [1.807, 2.05) is 19.9 Å². The molecule has 0 heterocycles. The standard InChI is InChI=1S/C15H22N2O/c1-10(2)14(16)15(18)17-13-9-5-7-11-6-3-4-8-12(11)13/h3-4,6,8,10,13-14H,5,7,9,16H2,1-2H3,(H,17,18)/t13?,14-/m1/s1. The SMILES string of the molecule is CC(C)[C@@H](N)C(=O)NC1CCCc2ccccc21. The zero-order chi connectivity index (χ0) is 13.1. The molecule has 18 heavy (non-hydrogen) atoms. The first kappa shape index (κ1) is 13.1. The lowest BCUT2D eigenvalue weighted by molar-refractivity contribution is -0.124. The van der Waals surface area contributed by atoms with Gasteiger partial charge in [-0.2, -0.15) is 0 Å². The molecule has 1 aliphatic carbocycles. The fourth-order valence-electron chi connectivity index (χ4n) is 2.47. The van der Waals surface area contributed by atoms with Crippen molar-refractivity contribution >= 4 is 5.91 Å². The number of amides is 1. The molecule has 1 aliphatic rings. The maximum absolute atomic E-state index is 12.0. The Labute approximate surface area is 109 Å². The van der Waals surface area contributed by atoms with Gasteiger partial charge in [-0.15, -0.1) is 0 Å². The van der Waals surface area contributed by atoms with E-state index in [4.69, 9.17) is 5.73 Å². The Morgan fingerprint density at radius 3 is 2.83 bits per heavy atom. The van der Waals surface area contributed by atoms with Crippen LogP contribution >= 0.6 is 0 Å². The lowest BCUT2D eigenvalue weighted by atomic mass is 9.87.